The molecule has 0 bridgehead atoms. The molecule has 2 fully saturated rings. The second-order valence-electron chi connectivity index (χ2n) is 9.64. The molecule has 34 heavy (non-hydrogen) atoms. The Morgan fingerprint density at radius 3 is 2.38 bits per heavy atom. The Hall–Kier alpha value is -3.10. The predicted molar refractivity (Wildman–Crippen MR) is 128 cm³/mol. The van der Waals surface area contributed by atoms with E-state index in [2.05, 4.69) is 10.2 Å². The zero-order valence-electron chi connectivity index (χ0n) is 19.8. The van der Waals surface area contributed by atoms with Crippen molar-refractivity contribution in [3.05, 3.63) is 60.2 Å². The van der Waals surface area contributed by atoms with Crippen molar-refractivity contribution in [1.82, 2.24) is 15.1 Å². The fourth-order valence-electron chi connectivity index (χ4n) is 4.42. The molecule has 182 valence electrons. The van der Waals surface area contributed by atoms with Crippen molar-refractivity contribution < 1.29 is 24.2 Å². The molecular formula is C26H33N3O5. The molecule has 8 nitrogen and oxygen atoms in total. The molecule has 2 aliphatic rings. The summed E-state index contributed by atoms with van der Waals surface area (Å²) in [7, 11) is 0. The van der Waals surface area contributed by atoms with Gasteiger partial charge in [0.2, 0.25) is 0 Å². The second-order valence-corrected chi connectivity index (χ2v) is 9.64. The highest BCUT2D eigenvalue weighted by molar-refractivity contribution is 6.06. The number of hydrogen-bond donors (Lipinski definition) is 2. The number of para-hydroxylation sites is 1. The van der Waals surface area contributed by atoms with Crippen molar-refractivity contribution in [1.29, 1.82) is 0 Å². The number of nitrogens with zero attached hydrogens (tertiary/aromatic N) is 2. The number of ether oxygens (including phenoxy) is 2. The summed E-state index contributed by atoms with van der Waals surface area (Å²) in [6.07, 6.45) is 1.63. The zero-order valence-corrected chi connectivity index (χ0v) is 19.8. The van der Waals surface area contributed by atoms with Crippen LogP contribution < -0.4 is 14.8 Å². The maximum Gasteiger partial charge on any atom is 0.325 e. The summed E-state index contributed by atoms with van der Waals surface area (Å²) in [5, 5.41) is 13.7. The maximum absolute atomic E-state index is 12.2. The van der Waals surface area contributed by atoms with Crippen LogP contribution in [0.15, 0.2) is 54.6 Å². The first-order valence-corrected chi connectivity index (χ1v) is 11.7. The SMILES string of the molecule is CC1(C)NC(=O)N(CCOc2ccc(CN3CCC[C@](O)(COc4ccccc4)C3)cc2)C1=O. The van der Waals surface area contributed by atoms with Crippen molar-refractivity contribution >= 4 is 11.9 Å². The Morgan fingerprint density at radius 2 is 1.71 bits per heavy atom. The number of carbonyl (C=O) groups is 2. The Bertz CT molecular complexity index is 995. The van der Waals surface area contributed by atoms with Crippen LogP contribution in [-0.2, 0) is 11.3 Å². The molecule has 2 aromatic rings. The Labute approximate surface area is 200 Å². The molecule has 2 aromatic carbocycles. The molecule has 0 spiro atoms. The van der Waals surface area contributed by atoms with E-state index in [4.69, 9.17) is 9.47 Å². The summed E-state index contributed by atoms with van der Waals surface area (Å²) in [6.45, 7) is 6.29. The third-order valence-corrected chi connectivity index (χ3v) is 6.24. The van der Waals surface area contributed by atoms with Gasteiger partial charge in [-0.25, -0.2) is 4.79 Å². The second kappa shape index (κ2) is 10.0. The molecule has 2 aliphatic heterocycles. The summed E-state index contributed by atoms with van der Waals surface area (Å²) >= 11 is 0. The van der Waals surface area contributed by atoms with Gasteiger partial charge in [-0.3, -0.25) is 14.6 Å². The van der Waals surface area contributed by atoms with Gasteiger partial charge in [0.15, 0.2) is 0 Å². The molecule has 0 saturated carbocycles. The molecule has 8 heteroatoms. The average molecular weight is 468 g/mol. The Morgan fingerprint density at radius 1 is 1.00 bits per heavy atom. The van der Waals surface area contributed by atoms with Crippen molar-refractivity contribution in [3.63, 3.8) is 0 Å². The van der Waals surface area contributed by atoms with Crippen molar-refractivity contribution in [2.24, 2.45) is 0 Å². The van der Waals surface area contributed by atoms with E-state index in [9.17, 15) is 14.7 Å². The number of imide groups is 1. The van der Waals surface area contributed by atoms with Crippen LogP contribution in [0, 0.1) is 0 Å². The minimum atomic E-state index is -0.870. The Balaban J connectivity index is 1.24. The van der Waals surface area contributed by atoms with Gasteiger partial charge >= 0.3 is 6.03 Å². The summed E-state index contributed by atoms with van der Waals surface area (Å²) in [4.78, 5) is 27.6. The first-order chi connectivity index (χ1) is 16.2. The van der Waals surface area contributed by atoms with E-state index in [1.807, 2.05) is 54.6 Å². The van der Waals surface area contributed by atoms with Crippen molar-refractivity contribution in [2.45, 2.75) is 44.4 Å². The van der Waals surface area contributed by atoms with E-state index in [-0.39, 0.29) is 31.7 Å². The lowest BCUT2D eigenvalue weighted by Gasteiger charge is -2.39. The van der Waals surface area contributed by atoms with E-state index >= 15 is 0 Å². The number of β-amino-alcohol motifs (C(OH)–C–C–N with tert-alkyl or cyclic N) is 1. The van der Waals surface area contributed by atoms with E-state index in [1.165, 1.54) is 4.90 Å². The highest BCUT2D eigenvalue weighted by Crippen LogP contribution is 2.25. The van der Waals surface area contributed by atoms with Crippen LogP contribution in [0.1, 0.15) is 32.3 Å². The molecule has 0 aliphatic carbocycles. The summed E-state index contributed by atoms with van der Waals surface area (Å²) in [5.41, 5.74) is -0.616. The quantitative estimate of drug-likeness (QED) is 0.551. The summed E-state index contributed by atoms with van der Waals surface area (Å²) < 4.78 is 11.6. The first kappa shape index (κ1) is 24.0. The minimum absolute atomic E-state index is 0.202. The highest BCUT2D eigenvalue weighted by atomic mass is 16.5. The largest absolute Gasteiger partial charge is 0.492 e. The molecule has 3 amide bonds. The van der Waals surface area contributed by atoms with Gasteiger partial charge in [0, 0.05) is 13.1 Å². The van der Waals surface area contributed by atoms with Gasteiger partial charge in [0.25, 0.3) is 5.91 Å². The fourth-order valence-corrected chi connectivity index (χ4v) is 4.42. The van der Waals surface area contributed by atoms with E-state index in [0.29, 0.717) is 12.3 Å². The first-order valence-electron chi connectivity index (χ1n) is 11.7. The molecular weight excluding hydrogens is 434 g/mol. The third-order valence-electron chi connectivity index (χ3n) is 6.24. The summed E-state index contributed by atoms with van der Waals surface area (Å²) in [6, 6.07) is 17.0. The van der Waals surface area contributed by atoms with E-state index in [0.717, 1.165) is 37.2 Å². The van der Waals surface area contributed by atoms with Crippen LogP contribution in [0.4, 0.5) is 4.79 Å². The fraction of sp³-hybridized carbons (Fsp3) is 0.462. The van der Waals surface area contributed by atoms with Crippen LogP contribution in [0.5, 0.6) is 11.5 Å². The molecule has 2 saturated heterocycles. The predicted octanol–water partition coefficient (Wildman–Crippen LogP) is 2.80. The molecule has 0 aromatic heterocycles. The number of carbonyl (C=O) groups excluding carboxylic acids is 2. The van der Waals surface area contributed by atoms with Crippen molar-refractivity contribution in [3.8, 4) is 11.5 Å². The molecule has 1 atom stereocenters. The summed E-state index contributed by atoms with van der Waals surface area (Å²) in [5.74, 6) is 1.20. The number of rotatable bonds is 9. The monoisotopic (exact) mass is 467 g/mol. The third kappa shape index (κ3) is 5.87. The molecule has 2 heterocycles. The number of amides is 3. The van der Waals surface area contributed by atoms with Crippen molar-refractivity contribution in [2.75, 3.05) is 32.8 Å². The number of nitrogens with one attached hydrogen (secondary N) is 1. The molecule has 2 N–H and O–H groups in total. The number of likely N-dealkylation sites (tertiary alicyclic amines) is 1. The maximum atomic E-state index is 12.2. The van der Waals surface area contributed by atoms with Gasteiger partial charge < -0.3 is 19.9 Å². The zero-order chi connectivity index (χ0) is 24.2. The number of piperidine rings is 1. The number of urea groups is 1. The van der Waals surface area contributed by atoms with Crippen LogP contribution >= 0.6 is 0 Å². The van der Waals surface area contributed by atoms with E-state index < -0.39 is 11.1 Å². The van der Waals surface area contributed by atoms with Crippen LogP contribution in [0.2, 0.25) is 0 Å². The molecule has 4 rings (SSSR count). The highest BCUT2D eigenvalue weighted by Gasteiger charge is 2.43. The number of aliphatic hydroxyl groups is 1. The minimum Gasteiger partial charge on any atom is -0.492 e. The van der Waals surface area contributed by atoms with Gasteiger partial charge in [0.1, 0.15) is 35.9 Å². The standard InChI is InChI=1S/C26H33N3O5/c1-25(2)23(30)29(24(31)27-25)15-16-33-22-11-9-20(10-12-22)17-28-14-6-13-26(32,18-28)19-34-21-7-4-3-5-8-21/h3-5,7-12,32H,6,13-19H2,1-2H3,(H,27,31)/t26-/m1/s1. The number of benzene rings is 2. The smallest absolute Gasteiger partial charge is 0.325 e. The van der Waals surface area contributed by atoms with Gasteiger partial charge in [0.05, 0.1) is 6.54 Å². The van der Waals surface area contributed by atoms with Gasteiger partial charge in [-0.2, -0.15) is 0 Å². The lowest BCUT2D eigenvalue weighted by molar-refractivity contribution is -0.130. The lowest BCUT2D eigenvalue weighted by Crippen LogP contribution is -2.51. The van der Waals surface area contributed by atoms with Gasteiger partial charge in [-0.05, 0) is 63.1 Å². The van der Waals surface area contributed by atoms with Crippen LogP contribution in [0.3, 0.4) is 0 Å². The normalized spacial score (nSPS) is 22.5. The van der Waals surface area contributed by atoms with Crippen LogP contribution in [0.25, 0.3) is 0 Å². The van der Waals surface area contributed by atoms with E-state index in [1.54, 1.807) is 13.8 Å². The lowest BCUT2D eigenvalue weighted by atomic mass is 9.93. The number of hydrogen-bond acceptors (Lipinski definition) is 6. The molecule has 0 radical (unpaired) electrons. The Kier molecular flexibility index (Phi) is 7.09. The van der Waals surface area contributed by atoms with Crippen LogP contribution in [-0.4, -0.2) is 70.8 Å². The topological polar surface area (TPSA) is 91.3 Å². The molecule has 0 unspecified atom stereocenters. The average Bonchev–Trinajstić information content (AvgIpc) is 3.01. The van der Waals surface area contributed by atoms with Gasteiger partial charge in [-0.15, -0.1) is 0 Å². The van der Waals surface area contributed by atoms with Gasteiger partial charge in [-0.1, -0.05) is 30.3 Å².